The van der Waals surface area contributed by atoms with Crippen molar-refractivity contribution in [3.63, 3.8) is 0 Å². The second-order valence-corrected chi connectivity index (χ2v) is 6.73. The first-order valence-electron chi connectivity index (χ1n) is 7.28. The average molecular weight is 256 g/mol. The Labute approximate surface area is 113 Å². The third-order valence-corrected chi connectivity index (χ3v) is 3.22. The van der Waals surface area contributed by atoms with Crippen molar-refractivity contribution in [2.75, 3.05) is 6.54 Å². The normalized spacial score (nSPS) is 13.7. The topological polar surface area (TPSA) is 55.1 Å². The van der Waals surface area contributed by atoms with Crippen LogP contribution in [0.25, 0.3) is 0 Å². The number of unbranched alkanes of at least 4 members (excludes halogenated alkanes) is 3. The van der Waals surface area contributed by atoms with Gasteiger partial charge in [0.15, 0.2) is 0 Å². The fourth-order valence-corrected chi connectivity index (χ4v) is 1.75. The number of nitrogens with two attached hydrogens (primary N) is 1. The van der Waals surface area contributed by atoms with Crippen molar-refractivity contribution in [1.82, 2.24) is 5.32 Å². The lowest BCUT2D eigenvalue weighted by Crippen LogP contribution is -2.48. The van der Waals surface area contributed by atoms with Crippen LogP contribution in [0.3, 0.4) is 0 Å². The smallest absolute Gasteiger partial charge is 0.237 e. The van der Waals surface area contributed by atoms with Gasteiger partial charge in [-0.05, 0) is 17.8 Å². The molecular weight excluding hydrogens is 224 g/mol. The maximum Gasteiger partial charge on any atom is 0.237 e. The van der Waals surface area contributed by atoms with Gasteiger partial charge in [-0.2, -0.15) is 0 Å². The van der Waals surface area contributed by atoms with Crippen LogP contribution in [0.2, 0.25) is 0 Å². The Morgan fingerprint density at radius 2 is 1.67 bits per heavy atom. The number of hydrogen-bond donors (Lipinski definition) is 2. The molecule has 0 heterocycles. The number of amides is 1. The van der Waals surface area contributed by atoms with Crippen LogP contribution < -0.4 is 11.1 Å². The molecule has 0 bridgehead atoms. The van der Waals surface area contributed by atoms with Gasteiger partial charge >= 0.3 is 0 Å². The highest BCUT2D eigenvalue weighted by Gasteiger charge is 2.26. The van der Waals surface area contributed by atoms with Crippen LogP contribution in [0.4, 0.5) is 0 Å². The van der Waals surface area contributed by atoms with E-state index in [1.54, 1.807) is 0 Å². The van der Waals surface area contributed by atoms with E-state index in [4.69, 9.17) is 5.73 Å². The van der Waals surface area contributed by atoms with E-state index in [0.717, 1.165) is 18.9 Å². The van der Waals surface area contributed by atoms with Crippen LogP contribution >= 0.6 is 0 Å². The molecule has 1 atom stereocenters. The van der Waals surface area contributed by atoms with Crippen LogP contribution in [0, 0.1) is 11.3 Å². The summed E-state index contributed by atoms with van der Waals surface area (Å²) in [6.07, 6.45) is 6.12. The standard InChI is InChI=1S/C15H32N2O/c1-12(2)10-8-6-7-9-11-17-14(18)13(16)15(3,4)5/h12-13H,6-11,16H2,1-5H3,(H,17,18)/t13-/m0/s1. The first-order valence-corrected chi connectivity index (χ1v) is 7.28. The summed E-state index contributed by atoms with van der Waals surface area (Å²) in [6.45, 7) is 11.2. The molecule has 0 aromatic carbocycles. The summed E-state index contributed by atoms with van der Waals surface area (Å²) in [7, 11) is 0. The number of carbonyl (C=O) groups excluding carboxylic acids is 1. The van der Waals surface area contributed by atoms with Crippen molar-refractivity contribution in [2.24, 2.45) is 17.1 Å². The lowest BCUT2D eigenvalue weighted by atomic mass is 9.87. The van der Waals surface area contributed by atoms with Gasteiger partial charge in [-0.1, -0.05) is 60.3 Å². The molecule has 0 spiro atoms. The Bertz CT molecular complexity index is 231. The second kappa shape index (κ2) is 8.52. The van der Waals surface area contributed by atoms with Crippen molar-refractivity contribution >= 4 is 5.91 Å². The predicted octanol–water partition coefficient (Wildman–Crippen LogP) is 3.08. The molecule has 0 aliphatic heterocycles. The Morgan fingerprint density at radius 3 is 2.17 bits per heavy atom. The minimum absolute atomic E-state index is 0.0234. The van der Waals surface area contributed by atoms with Crippen LogP contribution in [0.5, 0.6) is 0 Å². The third kappa shape index (κ3) is 8.51. The number of carbonyl (C=O) groups is 1. The maximum absolute atomic E-state index is 11.7. The molecule has 0 saturated carbocycles. The summed E-state index contributed by atoms with van der Waals surface area (Å²) >= 11 is 0. The lowest BCUT2D eigenvalue weighted by molar-refractivity contribution is -0.124. The summed E-state index contributed by atoms with van der Waals surface area (Å²) in [5.74, 6) is 0.777. The van der Waals surface area contributed by atoms with Gasteiger partial charge < -0.3 is 11.1 Å². The fourth-order valence-electron chi connectivity index (χ4n) is 1.75. The highest BCUT2D eigenvalue weighted by Crippen LogP contribution is 2.17. The van der Waals surface area contributed by atoms with Gasteiger partial charge in [-0.3, -0.25) is 4.79 Å². The largest absolute Gasteiger partial charge is 0.355 e. The van der Waals surface area contributed by atoms with E-state index >= 15 is 0 Å². The Morgan fingerprint density at radius 1 is 1.11 bits per heavy atom. The Kier molecular flexibility index (Phi) is 8.25. The highest BCUT2D eigenvalue weighted by molar-refractivity contribution is 5.82. The van der Waals surface area contributed by atoms with Crippen molar-refractivity contribution in [1.29, 1.82) is 0 Å². The first-order chi connectivity index (χ1) is 8.25. The van der Waals surface area contributed by atoms with E-state index in [1.807, 2.05) is 20.8 Å². The van der Waals surface area contributed by atoms with Gasteiger partial charge in [-0.15, -0.1) is 0 Å². The molecule has 3 N–H and O–H groups in total. The summed E-state index contributed by atoms with van der Waals surface area (Å²) in [4.78, 5) is 11.7. The number of rotatable bonds is 8. The monoisotopic (exact) mass is 256 g/mol. The van der Waals surface area contributed by atoms with Crippen LogP contribution in [0.15, 0.2) is 0 Å². The lowest BCUT2D eigenvalue weighted by Gasteiger charge is -2.25. The van der Waals surface area contributed by atoms with Crippen molar-refractivity contribution in [3.05, 3.63) is 0 Å². The van der Waals surface area contributed by atoms with Gasteiger partial charge in [0.2, 0.25) is 5.91 Å². The van der Waals surface area contributed by atoms with E-state index in [9.17, 15) is 4.79 Å². The third-order valence-electron chi connectivity index (χ3n) is 3.22. The quantitative estimate of drug-likeness (QED) is 0.656. The molecule has 0 aliphatic carbocycles. The van der Waals surface area contributed by atoms with E-state index in [2.05, 4.69) is 19.2 Å². The van der Waals surface area contributed by atoms with Crippen LogP contribution in [0.1, 0.15) is 66.7 Å². The van der Waals surface area contributed by atoms with Crippen LogP contribution in [-0.2, 0) is 4.79 Å². The molecule has 0 unspecified atom stereocenters. The molecular formula is C15H32N2O. The zero-order valence-electron chi connectivity index (χ0n) is 12.9. The van der Waals surface area contributed by atoms with Crippen molar-refractivity contribution in [2.45, 2.75) is 72.8 Å². The van der Waals surface area contributed by atoms with Gasteiger partial charge in [0.25, 0.3) is 0 Å². The average Bonchev–Trinajstić information content (AvgIpc) is 2.24. The molecule has 0 fully saturated rings. The van der Waals surface area contributed by atoms with E-state index < -0.39 is 6.04 Å². The molecule has 0 rings (SSSR count). The minimum atomic E-state index is -0.418. The van der Waals surface area contributed by atoms with Gasteiger partial charge in [0, 0.05) is 6.54 Å². The predicted molar refractivity (Wildman–Crippen MR) is 78.4 cm³/mol. The highest BCUT2D eigenvalue weighted by atomic mass is 16.2. The zero-order chi connectivity index (χ0) is 14.2. The number of nitrogens with one attached hydrogen (secondary N) is 1. The van der Waals surface area contributed by atoms with E-state index in [1.165, 1.54) is 25.7 Å². The molecule has 3 nitrogen and oxygen atoms in total. The molecule has 3 heteroatoms. The molecule has 0 saturated heterocycles. The summed E-state index contributed by atoms with van der Waals surface area (Å²) < 4.78 is 0. The molecule has 0 aromatic heterocycles. The van der Waals surface area contributed by atoms with E-state index in [-0.39, 0.29) is 11.3 Å². The Balaban J connectivity index is 3.52. The molecule has 1 amide bonds. The number of hydrogen-bond acceptors (Lipinski definition) is 2. The SMILES string of the molecule is CC(C)CCCCCCNC(=O)[C@H](N)C(C)(C)C. The maximum atomic E-state index is 11.7. The van der Waals surface area contributed by atoms with E-state index in [0.29, 0.717) is 0 Å². The minimum Gasteiger partial charge on any atom is -0.355 e. The Hall–Kier alpha value is -0.570. The van der Waals surface area contributed by atoms with Gasteiger partial charge in [0.1, 0.15) is 0 Å². The molecule has 0 aliphatic rings. The second-order valence-electron chi connectivity index (χ2n) is 6.73. The molecule has 0 aromatic rings. The van der Waals surface area contributed by atoms with Gasteiger partial charge in [-0.25, -0.2) is 0 Å². The van der Waals surface area contributed by atoms with Crippen LogP contribution in [-0.4, -0.2) is 18.5 Å². The fraction of sp³-hybridized carbons (Fsp3) is 0.933. The molecule has 108 valence electrons. The van der Waals surface area contributed by atoms with Gasteiger partial charge in [0.05, 0.1) is 6.04 Å². The summed E-state index contributed by atoms with van der Waals surface area (Å²) in [6, 6.07) is -0.418. The first kappa shape index (κ1) is 17.4. The summed E-state index contributed by atoms with van der Waals surface area (Å²) in [5.41, 5.74) is 5.71. The molecule has 18 heavy (non-hydrogen) atoms. The van der Waals surface area contributed by atoms with Crippen molar-refractivity contribution in [3.8, 4) is 0 Å². The summed E-state index contributed by atoms with van der Waals surface area (Å²) in [5, 5.41) is 2.92. The van der Waals surface area contributed by atoms with Crippen molar-refractivity contribution < 1.29 is 4.79 Å². The molecule has 0 radical (unpaired) electrons. The zero-order valence-corrected chi connectivity index (χ0v) is 12.9.